The Labute approximate surface area is 112 Å². The van der Waals surface area contributed by atoms with Crippen molar-refractivity contribution in [2.75, 3.05) is 26.4 Å². The fourth-order valence-corrected chi connectivity index (χ4v) is 1.82. The molecule has 0 aliphatic carbocycles. The molecule has 0 fully saturated rings. The van der Waals surface area contributed by atoms with Gasteiger partial charge in [-0.15, -0.1) is 0 Å². The van der Waals surface area contributed by atoms with Crippen LogP contribution in [-0.4, -0.2) is 36.4 Å². The second-order valence-electron chi connectivity index (χ2n) is 4.10. The molecule has 6 heteroatoms. The molecular weight excluding hydrogens is 248 g/mol. The highest BCUT2D eigenvalue weighted by molar-refractivity contribution is 5.35. The zero-order valence-corrected chi connectivity index (χ0v) is 11.0. The number of hydrogen-bond donors (Lipinski definition) is 2. The number of benzene rings is 1. The number of nitrogens with one attached hydrogen (secondary N) is 1. The quantitative estimate of drug-likeness (QED) is 0.404. The first-order valence-corrected chi connectivity index (χ1v) is 6.35. The van der Waals surface area contributed by atoms with E-state index in [1.807, 2.05) is 13.0 Å². The number of non-ortho nitro benzene ring substituents is 1. The molecule has 1 rings (SSSR count). The Hall–Kier alpha value is -1.50. The minimum Gasteiger partial charge on any atom is -0.394 e. The molecule has 0 saturated carbocycles. The van der Waals surface area contributed by atoms with Crippen molar-refractivity contribution in [1.82, 2.24) is 5.32 Å². The van der Waals surface area contributed by atoms with Gasteiger partial charge in [-0.05, 0) is 12.0 Å². The topological polar surface area (TPSA) is 84.6 Å². The first-order valence-electron chi connectivity index (χ1n) is 6.35. The maximum atomic E-state index is 10.7. The van der Waals surface area contributed by atoms with E-state index in [1.54, 1.807) is 12.1 Å². The molecule has 0 aliphatic heterocycles. The molecule has 0 heterocycles. The van der Waals surface area contributed by atoms with Gasteiger partial charge in [-0.3, -0.25) is 10.1 Å². The SMILES string of the molecule is CCC(NCCOCCO)c1cccc([N+](=O)[O-])c1. The van der Waals surface area contributed by atoms with Crippen LogP contribution in [0, 0.1) is 10.1 Å². The average Bonchev–Trinajstić information content (AvgIpc) is 2.43. The molecule has 2 N–H and O–H groups in total. The number of nitro groups is 1. The van der Waals surface area contributed by atoms with Crippen LogP contribution >= 0.6 is 0 Å². The highest BCUT2D eigenvalue weighted by Crippen LogP contribution is 2.21. The minimum absolute atomic E-state index is 0.0160. The Bertz CT molecular complexity index is 398. The lowest BCUT2D eigenvalue weighted by molar-refractivity contribution is -0.384. The highest BCUT2D eigenvalue weighted by atomic mass is 16.6. The summed E-state index contributed by atoms with van der Waals surface area (Å²) >= 11 is 0. The first kappa shape index (κ1) is 15.6. The summed E-state index contributed by atoms with van der Waals surface area (Å²) in [7, 11) is 0. The van der Waals surface area contributed by atoms with Crippen molar-refractivity contribution in [3.63, 3.8) is 0 Å². The summed E-state index contributed by atoms with van der Waals surface area (Å²) in [5.74, 6) is 0. The number of aliphatic hydroxyl groups excluding tert-OH is 1. The monoisotopic (exact) mass is 268 g/mol. The zero-order chi connectivity index (χ0) is 14.1. The minimum atomic E-state index is -0.388. The van der Waals surface area contributed by atoms with E-state index in [1.165, 1.54) is 6.07 Å². The number of nitrogens with zero attached hydrogens (tertiary/aromatic N) is 1. The van der Waals surface area contributed by atoms with Crippen LogP contribution in [0.4, 0.5) is 5.69 Å². The summed E-state index contributed by atoms with van der Waals surface area (Å²) in [5, 5.41) is 22.6. The summed E-state index contributed by atoms with van der Waals surface area (Å²) in [5.41, 5.74) is 1.01. The predicted molar refractivity (Wildman–Crippen MR) is 72.0 cm³/mol. The van der Waals surface area contributed by atoms with Gasteiger partial charge in [0, 0.05) is 24.7 Å². The molecule has 19 heavy (non-hydrogen) atoms. The second kappa shape index (κ2) is 8.58. The Kier molecular flexibility index (Phi) is 7.02. The molecule has 1 aromatic carbocycles. The third kappa shape index (κ3) is 5.34. The van der Waals surface area contributed by atoms with Crippen molar-refractivity contribution in [2.24, 2.45) is 0 Å². The summed E-state index contributed by atoms with van der Waals surface area (Å²) in [4.78, 5) is 10.3. The second-order valence-corrected chi connectivity index (χ2v) is 4.10. The molecular formula is C13H20N2O4. The predicted octanol–water partition coefficient (Wildman–Crippen LogP) is 1.64. The average molecular weight is 268 g/mol. The fraction of sp³-hybridized carbons (Fsp3) is 0.538. The Morgan fingerprint density at radius 3 is 2.89 bits per heavy atom. The van der Waals surface area contributed by atoms with Crippen molar-refractivity contribution in [1.29, 1.82) is 0 Å². The Morgan fingerprint density at radius 2 is 2.26 bits per heavy atom. The number of ether oxygens (including phenoxy) is 1. The van der Waals surface area contributed by atoms with Crippen LogP contribution in [0.1, 0.15) is 24.9 Å². The maximum absolute atomic E-state index is 10.7. The van der Waals surface area contributed by atoms with Crippen LogP contribution in [0.3, 0.4) is 0 Å². The fourth-order valence-electron chi connectivity index (χ4n) is 1.82. The van der Waals surface area contributed by atoms with Crippen LogP contribution in [0.5, 0.6) is 0 Å². The van der Waals surface area contributed by atoms with Crippen LogP contribution < -0.4 is 5.32 Å². The van der Waals surface area contributed by atoms with Crippen LogP contribution in [0.15, 0.2) is 24.3 Å². The van der Waals surface area contributed by atoms with E-state index >= 15 is 0 Å². The van der Waals surface area contributed by atoms with Gasteiger partial charge in [0.15, 0.2) is 0 Å². The molecule has 0 saturated heterocycles. The zero-order valence-electron chi connectivity index (χ0n) is 11.0. The van der Waals surface area contributed by atoms with Gasteiger partial charge in [0.1, 0.15) is 0 Å². The Balaban J connectivity index is 2.54. The standard InChI is InChI=1S/C13H20N2O4/c1-2-13(14-6-8-19-9-7-16)11-4-3-5-12(10-11)15(17)18/h3-5,10,13-14,16H,2,6-9H2,1H3. The normalized spacial score (nSPS) is 12.3. The first-order chi connectivity index (χ1) is 9.19. The summed E-state index contributed by atoms with van der Waals surface area (Å²) in [6, 6.07) is 6.72. The van der Waals surface area contributed by atoms with Gasteiger partial charge in [0.05, 0.1) is 24.7 Å². The van der Waals surface area contributed by atoms with E-state index in [9.17, 15) is 10.1 Å². The molecule has 6 nitrogen and oxygen atoms in total. The van der Waals surface area contributed by atoms with E-state index < -0.39 is 0 Å². The van der Waals surface area contributed by atoms with Crippen LogP contribution in [0.2, 0.25) is 0 Å². The molecule has 106 valence electrons. The molecule has 1 aromatic rings. The third-order valence-electron chi connectivity index (χ3n) is 2.76. The third-order valence-corrected chi connectivity index (χ3v) is 2.76. The van der Waals surface area contributed by atoms with Crippen molar-refractivity contribution < 1.29 is 14.8 Å². The lowest BCUT2D eigenvalue weighted by atomic mass is 10.0. The van der Waals surface area contributed by atoms with Crippen LogP contribution in [0.25, 0.3) is 0 Å². The number of nitro benzene ring substituents is 1. The highest BCUT2D eigenvalue weighted by Gasteiger charge is 2.12. The molecule has 0 amide bonds. The van der Waals surface area contributed by atoms with Crippen molar-refractivity contribution in [2.45, 2.75) is 19.4 Å². The number of rotatable bonds is 9. The van der Waals surface area contributed by atoms with Gasteiger partial charge < -0.3 is 15.2 Å². The van der Waals surface area contributed by atoms with Crippen molar-refractivity contribution >= 4 is 5.69 Å². The largest absolute Gasteiger partial charge is 0.394 e. The number of hydrogen-bond acceptors (Lipinski definition) is 5. The molecule has 0 aliphatic rings. The summed E-state index contributed by atoms with van der Waals surface area (Å²) in [6.07, 6.45) is 0.834. The molecule has 1 unspecified atom stereocenters. The van der Waals surface area contributed by atoms with Gasteiger partial charge in [0.25, 0.3) is 5.69 Å². The van der Waals surface area contributed by atoms with E-state index in [0.29, 0.717) is 19.8 Å². The Morgan fingerprint density at radius 1 is 1.47 bits per heavy atom. The summed E-state index contributed by atoms with van der Waals surface area (Å²) in [6.45, 7) is 3.51. The molecule has 0 radical (unpaired) electrons. The molecule has 1 atom stereocenters. The molecule has 0 aromatic heterocycles. The van der Waals surface area contributed by atoms with E-state index in [-0.39, 0.29) is 23.3 Å². The van der Waals surface area contributed by atoms with Gasteiger partial charge in [0.2, 0.25) is 0 Å². The van der Waals surface area contributed by atoms with Crippen molar-refractivity contribution in [3.05, 3.63) is 39.9 Å². The van der Waals surface area contributed by atoms with E-state index in [4.69, 9.17) is 9.84 Å². The molecule has 0 spiro atoms. The van der Waals surface area contributed by atoms with Gasteiger partial charge in [-0.1, -0.05) is 19.1 Å². The summed E-state index contributed by atoms with van der Waals surface area (Å²) < 4.78 is 5.15. The van der Waals surface area contributed by atoms with Gasteiger partial charge in [-0.2, -0.15) is 0 Å². The van der Waals surface area contributed by atoms with E-state index in [0.717, 1.165) is 12.0 Å². The maximum Gasteiger partial charge on any atom is 0.269 e. The number of aliphatic hydroxyl groups is 1. The van der Waals surface area contributed by atoms with Crippen molar-refractivity contribution in [3.8, 4) is 0 Å². The van der Waals surface area contributed by atoms with Gasteiger partial charge >= 0.3 is 0 Å². The lowest BCUT2D eigenvalue weighted by Crippen LogP contribution is -2.25. The van der Waals surface area contributed by atoms with Crippen LogP contribution in [-0.2, 0) is 4.74 Å². The lowest BCUT2D eigenvalue weighted by Gasteiger charge is -2.17. The molecule has 0 bridgehead atoms. The van der Waals surface area contributed by atoms with Gasteiger partial charge in [-0.25, -0.2) is 0 Å². The van der Waals surface area contributed by atoms with E-state index in [2.05, 4.69) is 5.32 Å². The smallest absolute Gasteiger partial charge is 0.269 e.